The predicted octanol–water partition coefficient (Wildman–Crippen LogP) is 2.64. The lowest BCUT2D eigenvalue weighted by Gasteiger charge is -2.37. The van der Waals surface area contributed by atoms with Gasteiger partial charge in [0, 0.05) is 39.3 Å². The Hall–Kier alpha value is -0.0400. The zero-order valence-corrected chi connectivity index (χ0v) is 16.5. The van der Waals surface area contributed by atoms with Crippen molar-refractivity contribution in [3.63, 3.8) is 0 Å². The quantitative estimate of drug-likeness (QED) is 0.431. The molecule has 0 aromatic carbocycles. The molecule has 4 nitrogen and oxygen atoms in total. The van der Waals surface area contributed by atoms with Crippen molar-refractivity contribution < 1.29 is 0 Å². The van der Waals surface area contributed by atoms with E-state index >= 15 is 0 Å². The molecule has 2 aliphatic rings. The lowest BCUT2D eigenvalue weighted by Crippen LogP contribution is -2.49. The molecule has 0 aromatic rings. The average molecular weight is 408 g/mol. The fourth-order valence-electron chi connectivity index (χ4n) is 3.52. The van der Waals surface area contributed by atoms with Crippen molar-refractivity contribution in [1.82, 2.24) is 15.1 Å². The van der Waals surface area contributed by atoms with Crippen LogP contribution >= 0.6 is 24.0 Å². The van der Waals surface area contributed by atoms with E-state index in [1.54, 1.807) is 0 Å². The fraction of sp³-hybridized carbons (Fsp3) is 0.938. The second kappa shape index (κ2) is 9.18. The first-order chi connectivity index (χ1) is 9.63. The maximum absolute atomic E-state index is 4.48. The van der Waals surface area contributed by atoms with Crippen LogP contribution in [-0.2, 0) is 0 Å². The lowest BCUT2D eigenvalue weighted by atomic mass is 9.92. The number of nitrogens with zero attached hydrogens (tertiary/aromatic N) is 3. The molecule has 0 bridgehead atoms. The van der Waals surface area contributed by atoms with E-state index in [0.717, 1.165) is 50.0 Å². The second-order valence-electron chi connectivity index (χ2n) is 6.68. The molecular formula is C16H33IN4. The topological polar surface area (TPSA) is 30.9 Å². The first-order valence-corrected chi connectivity index (χ1v) is 8.33. The van der Waals surface area contributed by atoms with Gasteiger partial charge in [0.2, 0.25) is 0 Å². The Morgan fingerprint density at radius 3 is 2.33 bits per heavy atom. The van der Waals surface area contributed by atoms with Gasteiger partial charge in [0.15, 0.2) is 5.96 Å². The summed E-state index contributed by atoms with van der Waals surface area (Å²) in [6.07, 6.45) is 4.13. The van der Waals surface area contributed by atoms with Crippen molar-refractivity contribution in [2.75, 3.05) is 39.8 Å². The third-order valence-electron chi connectivity index (χ3n) is 4.53. The summed E-state index contributed by atoms with van der Waals surface area (Å²) in [5, 5.41) is 3.56. The summed E-state index contributed by atoms with van der Waals surface area (Å²) in [6, 6.07) is 0.860. The largest absolute Gasteiger partial charge is 0.355 e. The molecule has 1 aliphatic heterocycles. The van der Waals surface area contributed by atoms with Crippen LogP contribution in [0.3, 0.4) is 0 Å². The molecule has 21 heavy (non-hydrogen) atoms. The Kier molecular flexibility index (Phi) is 8.31. The molecule has 124 valence electrons. The van der Waals surface area contributed by atoms with Gasteiger partial charge in [0.05, 0.1) is 0 Å². The normalized spacial score (nSPS) is 26.7. The number of piperidine rings is 1. The third kappa shape index (κ3) is 5.93. The monoisotopic (exact) mass is 408 g/mol. The zero-order valence-electron chi connectivity index (χ0n) is 14.1. The van der Waals surface area contributed by atoms with Gasteiger partial charge in [0.1, 0.15) is 0 Å². The van der Waals surface area contributed by atoms with E-state index in [4.69, 9.17) is 0 Å². The Labute approximate surface area is 147 Å². The highest BCUT2D eigenvalue weighted by molar-refractivity contribution is 14.0. The van der Waals surface area contributed by atoms with Crippen LogP contribution < -0.4 is 5.32 Å². The Morgan fingerprint density at radius 1 is 1.24 bits per heavy atom. The maximum atomic E-state index is 4.48. The third-order valence-corrected chi connectivity index (χ3v) is 4.53. The molecule has 0 radical (unpaired) electrons. The molecule has 1 aliphatic carbocycles. The highest BCUT2D eigenvalue weighted by Crippen LogP contribution is 2.26. The van der Waals surface area contributed by atoms with Crippen molar-refractivity contribution >= 4 is 29.9 Å². The van der Waals surface area contributed by atoms with Gasteiger partial charge in [-0.2, -0.15) is 0 Å². The van der Waals surface area contributed by atoms with Crippen molar-refractivity contribution in [3.05, 3.63) is 0 Å². The number of hydrogen-bond acceptors (Lipinski definition) is 2. The van der Waals surface area contributed by atoms with Gasteiger partial charge in [-0.1, -0.05) is 20.8 Å². The number of aliphatic imine (C=N–C) groups is 1. The fourth-order valence-corrected chi connectivity index (χ4v) is 3.52. The standard InChI is InChI=1S/C16H32N4.HI/c1-5-19(15-6-7-15)9-8-18-16(17-4)20-11-13(2)10-14(3)12-20;/h13-15H,5-12H2,1-4H3,(H,17,18);1H. The number of nitrogens with one attached hydrogen (secondary N) is 1. The van der Waals surface area contributed by atoms with Gasteiger partial charge in [0.25, 0.3) is 0 Å². The van der Waals surface area contributed by atoms with E-state index in [2.05, 4.69) is 40.9 Å². The predicted molar refractivity (Wildman–Crippen MR) is 102 cm³/mol. The van der Waals surface area contributed by atoms with Crippen LogP contribution in [0, 0.1) is 11.8 Å². The van der Waals surface area contributed by atoms with Gasteiger partial charge >= 0.3 is 0 Å². The first kappa shape index (κ1) is 19.0. The van der Waals surface area contributed by atoms with E-state index in [0.29, 0.717) is 0 Å². The van der Waals surface area contributed by atoms with Gasteiger partial charge in [-0.25, -0.2) is 0 Å². The molecular weight excluding hydrogens is 375 g/mol. The summed E-state index contributed by atoms with van der Waals surface area (Å²) in [7, 11) is 1.91. The van der Waals surface area contributed by atoms with E-state index in [9.17, 15) is 0 Å². The molecule has 2 unspecified atom stereocenters. The summed E-state index contributed by atoms with van der Waals surface area (Å²) in [5.41, 5.74) is 0. The van der Waals surface area contributed by atoms with Crippen LogP contribution in [0.1, 0.15) is 40.0 Å². The van der Waals surface area contributed by atoms with Crippen LogP contribution in [0.15, 0.2) is 4.99 Å². The summed E-state index contributed by atoms with van der Waals surface area (Å²) in [5.74, 6) is 2.64. The van der Waals surface area contributed by atoms with Crippen LogP contribution in [0.5, 0.6) is 0 Å². The smallest absolute Gasteiger partial charge is 0.193 e. The Balaban J connectivity index is 0.00000220. The van der Waals surface area contributed by atoms with E-state index in [1.165, 1.54) is 25.8 Å². The van der Waals surface area contributed by atoms with Gasteiger partial charge < -0.3 is 10.2 Å². The number of rotatable bonds is 5. The number of guanidine groups is 1. The van der Waals surface area contributed by atoms with E-state index in [1.807, 2.05) is 7.05 Å². The minimum absolute atomic E-state index is 0. The lowest BCUT2D eigenvalue weighted by molar-refractivity contribution is 0.207. The maximum Gasteiger partial charge on any atom is 0.193 e. The molecule has 1 N–H and O–H groups in total. The summed E-state index contributed by atoms with van der Waals surface area (Å²) >= 11 is 0. The summed E-state index contributed by atoms with van der Waals surface area (Å²) < 4.78 is 0. The van der Waals surface area contributed by atoms with Crippen LogP contribution in [0.25, 0.3) is 0 Å². The molecule has 2 atom stereocenters. The van der Waals surface area contributed by atoms with E-state index in [-0.39, 0.29) is 24.0 Å². The first-order valence-electron chi connectivity index (χ1n) is 8.33. The molecule has 1 saturated heterocycles. The van der Waals surface area contributed by atoms with Crippen molar-refractivity contribution in [3.8, 4) is 0 Å². The number of hydrogen-bond donors (Lipinski definition) is 1. The van der Waals surface area contributed by atoms with Gasteiger partial charge in [-0.05, 0) is 37.6 Å². The van der Waals surface area contributed by atoms with Crippen molar-refractivity contribution in [2.45, 2.75) is 46.1 Å². The van der Waals surface area contributed by atoms with Gasteiger partial charge in [-0.15, -0.1) is 24.0 Å². The Bertz CT molecular complexity index is 320. The van der Waals surface area contributed by atoms with E-state index < -0.39 is 0 Å². The molecule has 1 saturated carbocycles. The van der Waals surface area contributed by atoms with Crippen molar-refractivity contribution in [2.24, 2.45) is 16.8 Å². The van der Waals surface area contributed by atoms with Crippen molar-refractivity contribution in [1.29, 1.82) is 0 Å². The number of likely N-dealkylation sites (N-methyl/N-ethyl adjacent to an activating group) is 1. The molecule has 2 rings (SSSR count). The molecule has 2 fully saturated rings. The molecule has 0 spiro atoms. The zero-order chi connectivity index (χ0) is 14.5. The molecule has 0 amide bonds. The minimum atomic E-state index is 0. The Morgan fingerprint density at radius 2 is 1.86 bits per heavy atom. The summed E-state index contributed by atoms with van der Waals surface area (Å²) in [4.78, 5) is 9.50. The SMILES string of the molecule is CCN(CCNC(=NC)N1CC(C)CC(C)C1)C1CC1.I. The molecule has 0 aromatic heterocycles. The highest BCUT2D eigenvalue weighted by atomic mass is 127. The molecule has 5 heteroatoms. The van der Waals surface area contributed by atoms with Crippen LogP contribution in [-0.4, -0.2) is 61.6 Å². The summed E-state index contributed by atoms with van der Waals surface area (Å²) in [6.45, 7) is 12.6. The van der Waals surface area contributed by atoms with Gasteiger partial charge in [-0.3, -0.25) is 9.89 Å². The number of likely N-dealkylation sites (tertiary alicyclic amines) is 1. The number of halogens is 1. The minimum Gasteiger partial charge on any atom is -0.355 e. The highest BCUT2D eigenvalue weighted by Gasteiger charge is 2.28. The van der Waals surface area contributed by atoms with Crippen LogP contribution in [0.2, 0.25) is 0 Å². The average Bonchev–Trinajstić information content (AvgIpc) is 3.22. The molecule has 1 heterocycles. The van der Waals surface area contributed by atoms with Crippen LogP contribution in [0.4, 0.5) is 0 Å². The second-order valence-corrected chi connectivity index (χ2v) is 6.68.